The molecule has 2 unspecified atom stereocenters. The summed E-state index contributed by atoms with van der Waals surface area (Å²) in [5, 5.41) is 3.46. The zero-order chi connectivity index (χ0) is 15.0. The van der Waals surface area contributed by atoms with Gasteiger partial charge >= 0.3 is 0 Å². The van der Waals surface area contributed by atoms with E-state index in [1.807, 2.05) is 4.90 Å². The molecule has 0 aliphatic carbocycles. The molecule has 2 saturated heterocycles. The van der Waals surface area contributed by atoms with Crippen molar-refractivity contribution in [1.82, 2.24) is 10.2 Å². The summed E-state index contributed by atoms with van der Waals surface area (Å²) in [6.45, 7) is 4.73. The molecule has 20 heavy (non-hydrogen) atoms. The number of carbonyl (C=O) groups is 1. The molecule has 2 aliphatic rings. The third-order valence-corrected chi connectivity index (χ3v) is 6.84. The van der Waals surface area contributed by atoms with Crippen LogP contribution in [-0.4, -0.2) is 55.4 Å². The summed E-state index contributed by atoms with van der Waals surface area (Å²) in [7, 11) is -3.41. The minimum Gasteiger partial charge on any atom is -0.337 e. The molecule has 0 radical (unpaired) electrons. The number of likely N-dealkylation sites (tertiary alicyclic amines) is 1. The van der Waals surface area contributed by atoms with Crippen LogP contribution in [-0.2, 0) is 14.6 Å². The summed E-state index contributed by atoms with van der Waals surface area (Å²) in [5.41, 5.74) is 0. The number of nitrogens with one attached hydrogen (secondary N) is 1. The second-order valence-corrected chi connectivity index (χ2v) is 9.11. The summed E-state index contributed by atoms with van der Waals surface area (Å²) in [5.74, 6) is -0.238. The molecule has 116 valence electrons. The van der Waals surface area contributed by atoms with E-state index in [-0.39, 0.29) is 11.9 Å². The molecule has 1 N–H and O–H groups in total. The second-order valence-electron chi connectivity index (χ2n) is 6.55. The highest BCUT2D eigenvalue weighted by Crippen LogP contribution is 2.28. The van der Waals surface area contributed by atoms with Crippen molar-refractivity contribution in [2.75, 3.05) is 19.3 Å². The molecule has 0 aromatic rings. The monoisotopic (exact) mass is 302 g/mol. The number of carbonyl (C=O) groups excluding carboxylic acids is 1. The quantitative estimate of drug-likeness (QED) is 0.843. The summed E-state index contributed by atoms with van der Waals surface area (Å²) in [4.78, 5) is 14.6. The van der Waals surface area contributed by atoms with Crippen LogP contribution >= 0.6 is 0 Å². The van der Waals surface area contributed by atoms with Crippen molar-refractivity contribution in [3.8, 4) is 0 Å². The molecule has 2 aliphatic heterocycles. The van der Waals surface area contributed by atoms with Gasteiger partial charge in [0.25, 0.3) is 0 Å². The molecular weight excluding hydrogens is 276 g/mol. The van der Waals surface area contributed by atoms with E-state index in [9.17, 15) is 13.2 Å². The Kier molecular flexibility index (Phi) is 4.44. The number of piperidine rings is 1. The third-order valence-electron chi connectivity index (χ3n) is 4.82. The first-order chi connectivity index (χ1) is 9.25. The first-order valence-corrected chi connectivity index (χ1v) is 9.38. The first kappa shape index (κ1) is 15.8. The number of rotatable bonds is 3. The van der Waals surface area contributed by atoms with Crippen LogP contribution in [0.4, 0.5) is 0 Å². The fourth-order valence-electron chi connectivity index (χ4n) is 3.17. The standard InChI is InChI=1S/C14H26N2O3S/c1-14(2,20(3,18)19)13(17)16-10-5-4-8-12(16)11-7-6-9-15-11/h11-12,15H,4-10H2,1-3H3. The van der Waals surface area contributed by atoms with Crippen LogP contribution in [0.1, 0.15) is 46.0 Å². The molecule has 2 atom stereocenters. The lowest BCUT2D eigenvalue weighted by atomic mass is 9.93. The van der Waals surface area contributed by atoms with Gasteiger partial charge in [0.05, 0.1) is 0 Å². The van der Waals surface area contributed by atoms with Gasteiger partial charge in [-0.3, -0.25) is 4.79 Å². The van der Waals surface area contributed by atoms with Crippen LogP contribution in [0, 0.1) is 0 Å². The number of hydrogen-bond acceptors (Lipinski definition) is 4. The van der Waals surface area contributed by atoms with Crippen LogP contribution in [0.15, 0.2) is 0 Å². The molecule has 2 heterocycles. The van der Waals surface area contributed by atoms with Crippen LogP contribution in [0.25, 0.3) is 0 Å². The molecule has 0 aromatic carbocycles. The van der Waals surface area contributed by atoms with Crippen molar-refractivity contribution in [3.63, 3.8) is 0 Å². The van der Waals surface area contributed by atoms with Gasteiger partial charge in [-0.25, -0.2) is 8.42 Å². The Morgan fingerprint density at radius 3 is 2.45 bits per heavy atom. The van der Waals surface area contributed by atoms with Crippen LogP contribution in [0.5, 0.6) is 0 Å². The highest BCUT2D eigenvalue weighted by Gasteiger charge is 2.45. The Morgan fingerprint density at radius 2 is 1.90 bits per heavy atom. The predicted octanol–water partition coefficient (Wildman–Crippen LogP) is 0.943. The van der Waals surface area contributed by atoms with Crippen molar-refractivity contribution in [2.45, 2.75) is 62.8 Å². The van der Waals surface area contributed by atoms with Gasteiger partial charge in [0.2, 0.25) is 5.91 Å². The lowest BCUT2D eigenvalue weighted by Gasteiger charge is -2.42. The number of sulfone groups is 1. The second kappa shape index (κ2) is 5.64. The highest BCUT2D eigenvalue weighted by molar-refractivity contribution is 7.92. The molecular formula is C14H26N2O3S. The fraction of sp³-hybridized carbons (Fsp3) is 0.929. The molecule has 0 saturated carbocycles. The summed E-state index contributed by atoms with van der Waals surface area (Å²) < 4.78 is 22.5. The number of amides is 1. The minimum atomic E-state index is -3.41. The first-order valence-electron chi connectivity index (χ1n) is 7.49. The Balaban J connectivity index is 2.21. The van der Waals surface area contributed by atoms with E-state index in [0.29, 0.717) is 12.6 Å². The SMILES string of the molecule is CC(C)(C(=O)N1CCCCC1C1CCCN1)S(C)(=O)=O. The van der Waals surface area contributed by atoms with Crippen LogP contribution in [0.3, 0.4) is 0 Å². The smallest absolute Gasteiger partial charge is 0.243 e. The highest BCUT2D eigenvalue weighted by atomic mass is 32.2. The maximum Gasteiger partial charge on any atom is 0.243 e. The van der Waals surface area contributed by atoms with Crippen molar-refractivity contribution in [3.05, 3.63) is 0 Å². The Bertz CT molecular complexity index is 467. The molecule has 0 aromatic heterocycles. The lowest BCUT2D eigenvalue weighted by Crippen LogP contribution is -2.59. The molecule has 6 heteroatoms. The minimum absolute atomic E-state index is 0.153. The third kappa shape index (κ3) is 2.86. The lowest BCUT2D eigenvalue weighted by molar-refractivity contribution is -0.137. The van der Waals surface area contributed by atoms with E-state index < -0.39 is 14.6 Å². The van der Waals surface area contributed by atoms with E-state index >= 15 is 0 Å². The van der Waals surface area contributed by atoms with Gasteiger partial charge in [-0.1, -0.05) is 0 Å². The molecule has 0 spiro atoms. The molecule has 0 bridgehead atoms. The van der Waals surface area contributed by atoms with E-state index in [2.05, 4.69) is 5.32 Å². The van der Waals surface area contributed by atoms with Gasteiger partial charge < -0.3 is 10.2 Å². The normalized spacial score (nSPS) is 28.6. The van der Waals surface area contributed by atoms with Gasteiger partial charge in [0.15, 0.2) is 9.84 Å². The van der Waals surface area contributed by atoms with Gasteiger partial charge in [0, 0.05) is 24.9 Å². The number of nitrogens with zero attached hydrogens (tertiary/aromatic N) is 1. The van der Waals surface area contributed by atoms with Gasteiger partial charge in [-0.15, -0.1) is 0 Å². The predicted molar refractivity (Wildman–Crippen MR) is 79.3 cm³/mol. The van der Waals surface area contributed by atoms with Crippen molar-refractivity contribution in [1.29, 1.82) is 0 Å². The molecule has 2 fully saturated rings. The van der Waals surface area contributed by atoms with Crippen molar-refractivity contribution in [2.24, 2.45) is 0 Å². The van der Waals surface area contributed by atoms with Gasteiger partial charge in [-0.2, -0.15) is 0 Å². The van der Waals surface area contributed by atoms with Crippen LogP contribution < -0.4 is 5.32 Å². The molecule has 1 amide bonds. The zero-order valence-electron chi connectivity index (χ0n) is 12.7. The maximum atomic E-state index is 12.8. The topological polar surface area (TPSA) is 66.5 Å². The van der Waals surface area contributed by atoms with Gasteiger partial charge in [0.1, 0.15) is 4.75 Å². The van der Waals surface area contributed by atoms with E-state index in [0.717, 1.165) is 44.9 Å². The summed E-state index contributed by atoms with van der Waals surface area (Å²) >= 11 is 0. The van der Waals surface area contributed by atoms with Crippen molar-refractivity contribution < 1.29 is 13.2 Å². The Labute approximate surface area is 122 Å². The fourth-order valence-corrected chi connectivity index (χ4v) is 3.61. The van der Waals surface area contributed by atoms with Gasteiger partial charge in [-0.05, 0) is 52.5 Å². The van der Waals surface area contributed by atoms with E-state index in [4.69, 9.17) is 0 Å². The van der Waals surface area contributed by atoms with E-state index in [1.54, 1.807) is 0 Å². The van der Waals surface area contributed by atoms with Crippen molar-refractivity contribution >= 4 is 15.7 Å². The van der Waals surface area contributed by atoms with E-state index in [1.165, 1.54) is 13.8 Å². The average Bonchev–Trinajstić information content (AvgIpc) is 2.90. The zero-order valence-corrected chi connectivity index (χ0v) is 13.5. The summed E-state index contributed by atoms with van der Waals surface area (Å²) in [6, 6.07) is 0.481. The average molecular weight is 302 g/mol. The molecule has 5 nitrogen and oxygen atoms in total. The Morgan fingerprint density at radius 1 is 1.20 bits per heavy atom. The van der Waals surface area contributed by atoms with Crippen LogP contribution in [0.2, 0.25) is 0 Å². The summed E-state index contributed by atoms with van der Waals surface area (Å²) in [6.07, 6.45) is 6.42. The number of hydrogen-bond donors (Lipinski definition) is 1. The Hall–Kier alpha value is -0.620. The molecule has 2 rings (SSSR count). The largest absolute Gasteiger partial charge is 0.337 e. The maximum absolute atomic E-state index is 12.8.